The van der Waals surface area contributed by atoms with Gasteiger partial charge in [-0.15, -0.1) is 0 Å². The number of aryl methyl sites for hydroxylation is 1. The molecule has 0 aliphatic rings. The van der Waals surface area contributed by atoms with Crippen LogP contribution in [0.25, 0.3) is 11.4 Å². The van der Waals surface area contributed by atoms with E-state index in [9.17, 15) is 17.6 Å². The molecule has 0 unspecified atom stereocenters. The predicted molar refractivity (Wildman–Crippen MR) is 92.0 cm³/mol. The Hall–Kier alpha value is -2.81. The van der Waals surface area contributed by atoms with E-state index >= 15 is 0 Å². The molecule has 0 saturated heterocycles. The van der Waals surface area contributed by atoms with Crippen molar-refractivity contribution < 1.29 is 17.6 Å². The third kappa shape index (κ3) is 3.57. The number of H-pyrrole nitrogens is 1. The molecule has 1 aromatic heterocycles. The number of aromatic amines is 1. The van der Waals surface area contributed by atoms with Gasteiger partial charge in [0.2, 0.25) is 4.77 Å². The summed E-state index contributed by atoms with van der Waals surface area (Å²) < 4.78 is 53.0. The first-order valence-electron chi connectivity index (χ1n) is 7.42. The molecule has 0 bridgehead atoms. The van der Waals surface area contributed by atoms with Crippen LogP contribution in [0.2, 0.25) is 0 Å². The number of rotatable bonds is 3. The second kappa shape index (κ2) is 6.83. The molecule has 0 spiro atoms. The van der Waals surface area contributed by atoms with Crippen LogP contribution < -0.4 is 0 Å². The van der Waals surface area contributed by atoms with Crippen molar-refractivity contribution in [1.82, 2.24) is 14.9 Å². The first kappa shape index (κ1) is 18.0. The molecule has 0 aliphatic carbocycles. The summed E-state index contributed by atoms with van der Waals surface area (Å²) in [7, 11) is 0. The molecule has 4 nitrogen and oxygen atoms in total. The lowest BCUT2D eigenvalue weighted by molar-refractivity contribution is -0.140. The number of nitrogens with one attached hydrogen (secondary N) is 1. The minimum atomic E-state index is -4.75. The van der Waals surface area contributed by atoms with Crippen LogP contribution in [-0.4, -0.2) is 21.1 Å². The molecule has 0 aliphatic heterocycles. The summed E-state index contributed by atoms with van der Waals surface area (Å²) in [5.41, 5.74) is 0.568. The molecule has 3 rings (SSSR count). The molecule has 0 radical (unpaired) electrons. The molecule has 3 aromatic rings. The van der Waals surface area contributed by atoms with Gasteiger partial charge in [0.05, 0.1) is 11.8 Å². The number of nitrogens with zero attached hydrogens (tertiary/aromatic N) is 3. The molecule has 1 heterocycles. The minimum Gasteiger partial charge on any atom is -0.250 e. The van der Waals surface area contributed by atoms with Crippen LogP contribution >= 0.6 is 12.2 Å². The number of hydrogen-bond acceptors (Lipinski definition) is 3. The SMILES string of the molecule is Cc1ccccc1-c1n[nH]c(=S)n1/N=C/c1ccc(C(F)(F)F)c(F)c1. The van der Waals surface area contributed by atoms with Gasteiger partial charge in [0, 0.05) is 5.56 Å². The zero-order valence-electron chi connectivity index (χ0n) is 13.4. The number of benzene rings is 2. The van der Waals surface area contributed by atoms with Crippen LogP contribution in [0.1, 0.15) is 16.7 Å². The maximum Gasteiger partial charge on any atom is 0.419 e. The number of hydrogen-bond donors (Lipinski definition) is 1. The van der Waals surface area contributed by atoms with Crippen molar-refractivity contribution >= 4 is 18.4 Å². The Bertz CT molecular complexity index is 1030. The van der Waals surface area contributed by atoms with Gasteiger partial charge in [0.1, 0.15) is 5.82 Å². The second-order valence-electron chi connectivity index (χ2n) is 5.46. The number of alkyl halides is 3. The topological polar surface area (TPSA) is 46.0 Å². The molecule has 0 amide bonds. The van der Waals surface area contributed by atoms with Gasteiger partial charge in [-0.05, 0) is 42.4 Å². The number of halogens is 4. The van der Waals surface area contributed by atoms with Crippen LogP contribution in [0, 0.1) is 17.5 Å². The van der Waals surface area contributed by atoms with Crippen LogP contribution in [0.4, 0.5) is 17.6 Å². The molecule has 26 heavy (non-hydrogen) atoms. The molecule has 134 valence electrons. The Morgan fingerprint density at radius 1 is 1.19 bits per heavy atom. The largest absolute Gasteiger partial charge is 0.419 e. The normalized spacial score (nSPS) is 12.0. The summed E-state index contributed by atoms with van der Waals surface area (Å²) in [5, 5.41) is 10.9. The molecule has 0 fully saturated rings. The summed E-state index contributed by atoms with van der Waals surface area (Å²) >= 11 is 5.14. The molecule has 2 aromatic carbocycles. The zero-order chi connectivity index (χ0) is 18.9. The minimum absolute atomic E-state index is 0.161. The average molecular weight is 380 g/mol. The lowest BCUT2D eigenvalue weighted by atomic mass is 10.1. The number of aromatic nitrogens is 3. The summed E-state index contributed by atoms with van der Waals surface area (Å²) in [6.07, 6.45) is -3.53. The first-order chi connectivity index (χ1) is 12.3. The fourth-order valence-electron chi connectivity index (χ4n) is 2.36. The zero-order valence-corrected chi connectivity index (χ0v) is 14.2. The van der Waals surface area contributed by atoms with Crippen molar-refractivity contribution in [2.45, 2.75) is 13.1 Å². The summed E-state index contributed by atoms with van der Waals surface area (Å²) in [5.74, 6) is -0.923. The summed E-state index contributed by atoms with van der Waals surface area (Å²) in [6.45, 7) is 1.90. The smallest absolute Gasteiger partial charge is 0.250 e. The van der Waals surface area contributed by atoms with Gasteiger partial charge in [-0.2, -0.15) is 28.0 Å². The highest BCUT2D eigenvalue weighted by Gasteiger charge is 2.33. The predicted octanol–water partition coefficient (Wildman–Crippen LogP) is 4.96. The van der Waals surface area contributed by atoms with E-state index in [1.54, 1.807) is 0 Å². The Balaban J connectivity index is 1.98. The monoisotopic (exact) mass is 380 g/mol. The van der Waals surface area contributed by atoms with Gasteiger partial charge in [-0.1, -0.05) is 30.3 Å². The highest BCUT2D eigenvalue weighted by Crippen LogP contribution is 2.31. The highest BCUT2D eigenvalue weighted by atomic mass is 32.1. The van der Waals surface area contributed by atoms with E-state index in [4.69, 9.17) is 12.2 Å². The Morgan fingerprint density at radius 3 is 2.58 bits per heavy atom. The van der Waals surface area contributed by atoms with Crippen LogP contribution in [0.15, 0.2) is 47.6 Å². The fourth-order valence-corrected chi connectivity index (χ4v) is 2.54. The van der Waals surface area contributed by atoms with Gasteiger partial charge in [-0.25, -0.2) is 9.49 Å². The third-order valence-electron chi connectivity index (χ3n) is 3.66. The summed E-state index contributed by atoms with van der Waals surface area (Å²) in [4.78, 5) is 0. The van der Waals surface area contributed by atoms with E-state index in [1.165, 1.54) is 10.9 Å². The van der Waals surface area contributed by atoms with Crippen molar-refractivity contribution in [2.24, 2.45) is 5.10 Å². The van der Waals surface area contributed by atoms with E-state index in [0.717, 1.165) is 23.3 Å². The van der Waals surface area contributed by atoms with Gasteiger partial charge in [0.25, 0.3) is 0 Å². The second-order valence-corrected chi connectivity index (χ2v) is 5.85. The standard InChI is InChI=1S/C17H12F4N4S/c1-10-4-2-3-5-12(10)15-23-24-16(26)25(15)22-9-11-6-7-13(14(18)8-11)17(19,20)21/h2-9H,1H3,(H,24,26)/b22-9+. The maximum atomic E-state index is 13.7. The van der Waals surface area contributed by atoms with Crippen molar-refractivity contribution in [3.63, 3.8) is 0 Å². The van der Waals surface area contributed by atoms with E-state index in [0.29, 0.717) is 11.9 Å². The molecule has 9 heteroatoms. The lowest BCUT2D eigenvalue weighted by Crippen LogP contribution is -2.08. The molecule has 1 N–H and O–H groups in total. The lowest BCUT2D eigenvalue weighted by Gasteiger charge is -2.08. The Kier molecular flexibility index (Phi) is 4.73. The molecule has 0 atom stereocenters. The van der Waals surface area contributed by atoms with Crippen LogP contribution in [0.5, 0.6) is 0 Å². The highest BCUT2D eigenvalue weighted by molar-refractivity contribution is 7.71. The van der Waals surface area contributed by atoms with Gasteiger partial charge < -0.3 is 0 Å². The summed E-state index contributed by atoms with van der Waals surface area (Å²) in [6, 6.07) is 10.0. The van der Waals surface area contributed by atoms with E-state index in [-0.39, 0.29) is 10.3 Å². The van der Waals surface area contributed by atoms with Gasteiger partial charge >= 0.3 is 6.18 Å². The average Bonchev–Trinajstić information content (AvgIpc) is 2.93. The molecular weight excluding hydrogens is 368 g/mol. The maximum absolute atomic E-state index is 13.7. The molecular formula is C17H12F4N4S. The van der Waals surface area contributed by atoms with Gasteiger partial charge in [-0.3, -0.25) is 0 Å². The third-order valence-corrected chi connectivity index (χ3v) is 3.92. The van der Waals surface area contributed by atoms with Crippen LogP contribution in [-0.2, 0) is 6.18 Å². The van der Waals surface area contributed by atoms with Crippen molar-refractivity contribution in [3.8, 4) is 11.4 Å². The fraction of sp³-hybridized carbons (Fsp3) is 0.118. The quantitative estimate of drug-likeness (QED) is 0.397. The van der Waals surface area contributed by atoms with E-state index < -0.39 is 17.6 Å². The van der Waals surface area contributed by atoms with E-state index in [1.807, 2.05) is 31.2 Å². The van der Waals surface area contributed by atoms with Crippen LogP contribution in [0.3, 0.4) is 0 Å². The Labute approximate surface area is 150 Å². The van der Waals surface area contributed by atoms with Crippen molar-refractivity contribution in [1.29, 1.82) is 0 Å². The Morgan fingerprint density at radius 2 is 1.92 bits per heavy atom. The first-order valence-corrected chi connectivity index (χ1v) is 7.82. The molecule has 0 saturated carbocycles. The van der Waals surface area contributed by atoms with Crippen molar-refractivity contribution in [2.75, 3.05) is 0 Å². The van der Waals surface area contributed by atoms with Crippen molar-refractivity contribution in [3.05, 3.63) is 69.7 Å². The van der Waals surface area contributed by atoms with Gasteiger partial charge in [0.15, 0.2) is 5.82 Å². The van der Waals surface area contributed by atoms with E-state index in [2.05, 4.69) is 15.3 Å².